The van der Waals surface area contributed by atoms with Gasteiger partial charge >= 0.3 is 0 Å². The summed E-state index contributed by atoms with van der Waals surface area (Å²) in [4.78, 5) is 13.9. The van der Waals surface area contributed by atoms with Crippen molar-refractivity contribution in [3.63, 3.8) is 0 Å². The van der Waals surface area contributed by atoms with Crippen molar-refractivity contribution >= 4 is 17.5 Å². The molecule has 0 aliphatic heterocycles. The van der Waals surface area contributed by atoms with E-state index in [0.29, 0.717) is 11.6 Å². The fourth-order valence-corrected chi connectivity index (χ4v) is 2.24. The summed E-state index contributed by atoms with van der Waals surface area (Å²) >= 11 is 6.22. The number of hydrogen-bond donors (Lipinski definition) is 1. The number of rotatable bonds is 6. The largest absolute Gasteiger partial charge is 0.353 e. The average molecular weight is 309 g/mol. The molecule has 112 valence electrons. The van der Waals surface area contributed by atoms with Crippen molar-refractivity contribution in [1.29, 1.82) is 0 Å². The van der Waals surface area contributed by atoms with Crippen LogP contribution in [-0.4, -0.2) is 51.7 Å². The van der Waals surface area contributed by atoms with Gasteiger partial charge in [-0.05, 0) is 36.2 Å². The minimum absolute atomic E-state index is 0.00322. The predicted octanol–water partition coefficient (Wildman–Crippen LogP) is 0.746. The minimum Gasteiger partial charge on any atom is -0.353 e. The molecule has 1 atom stereocenters. The number of nitrogens with zero attached hydrogens (tertiary/aromatic N) is 5. The van der Waals surface area contributed by atoms with Gasteiger partial charge in [-0.1, -0.05) is 29.8 Å². The summed E-state index contributed by atoms with van der Waals surface area (Å²) in [5, 5.41) is 14.2. The molecular formula is C13H17ClN6O. The molecule has 0 fully saturated rings. The van der Waals surface area contributed by atoms with Gasteiger partial charge in [0.2, 0.25) is 5.91 Å². The van der Waals surface area contributed by atoms with E-state index in [1.54, 1.807) is 0 Å². The van der Waals surface area contributed by atoms with Gasteiger partial charge in [0.25, 0.3) is 0 Å². The zero-order valence-electron chi connectivity index (χ0n) is 11.9. The highest BCUT2D eigenvalue weighted by Gasteiger charge is 2.17. The van der Waals surface area contributed by atoms with E-state index in [-0.39, 0.29) is 18.5 Å². The number of amides is 1. The lowest BCUT2D eigenvalue weighted by molar-refractivity contribution is -0.122. The highest BCUT2D eigenvalue weighted by atomic mass is 35.5. The number of carbonyl (C=O) groups is 1. The minimum atomic E-state index is -0.152. The van der Waals surface area contributed by atoms with Crippen molar-refractivity contribution in [2.45, 2.75) is 12.6 Å². The second kappa shape index (κ2) is 7.14. The van der Waals surface area contributed by atoms with Crippen LogP contribution in [0.4, 0.5) is 0 Å². The topological polar surface area (TPSA) is 75.9 Å². The molecule has 2 rings (SSSR count). The highest BCUT2D eigenvalue weighted by Crippen LogP contribution is 2.25. The number of tetrazole rings is 1. The maximum atomic E-state index is 11.9. The van der Waals surface area contributed by atoms with Crippen molar-refractivity contribution in [2.24, 2.45) is 0 Å². The maximum Gasteiger partial charge on any atom is 0.241 e. The smallest absolute Gasteiger partial charge is 0.241 e. The van der Waals surface area contributed by atoms with Crippen molar-refractivity contribution in [3.8, 4) is 0 Å². The number of likely N-dealkylation sites (N-methyl/N-ethyl adjacent to an activating group) is 1. The Labute approximate surface area is 127 Å². The first-order valence-corrected chi connectivity index (χ1v) is 6.84. The van der Waals surface area contributed by atoms with E-state index in [4.69, 9.17) is 11.6 Å². The van der Waals surface area contributed by atoms with Crippen LogP contribution in [0.25, 0.3) is 0 Å². The first-order chi connectivity index (χ1) is 10.1. The van der Waals surface area contributed by atoms with Crippen molar-refractivity contribution < 1.29 is 4.79 Å². The summed E-state index contributed by atoms with van der Waals surface area (Å²) < 4.78 is 1.37. The number of carbonyl (C=O) groups excluding carboxylic acids is 1. The zero-order valence-corrected chi connectivity index (χ0v) is 12.7. The molecule has 1 aromatic carbocycles. The highest BCUT2D eigenvalue weighted by molar-refractivity contribution is 6.31. The predicted molar refractivity (Wildman–Crippen MR) is 78.7 cm³/mol. The van der Waals surface area contributed by atoms with Gasteiger partial charge in [-0.15, -0.1) is 5.10 Å². The van der Waals surface area contributed by atoms with Crippen LogP contribution in [0.5, 0.6) is 0 Å². The lowest BCUT2D eigenvalue weighted by Crippen LogP contribution is -2.36. The van der Waals surface area contributed by atoms with Gasteiger partial charge < -0.3 is 10.2 Å². The van der Waals surface area contributed by atoms with Gasteiger partial charge in [-0.3, -0.25) is 4.79 Å². The molecule has 7 nitrogen and oxygen atoms in total. The van der Waals surface area contributed by atoms with Gasteiger partial charge in [0.15, 0.2) is 0 Å². The molecule has 1 heterocycles. The summed E-state index contributed by atoms with van der Waals surface area (Å²) in [6.45, 7) is 0.549. The van der Waals surface area contributed by atoms with Gasteiger partial charge in [-0.25, -0.2) is 4.68 Å². The second-order valence-electron chi connectivity index (χ2n) is 4.81. The fraction of sp³-hybridized carbons (Fsp3) is 0.385. The molecule has 0 saturated heterocycles. The zero-order chi connectivity index (χ0) is 15.2. The quantitative estimate of drug-likeness (QED) is 0.852. The first-order valence-electron chi connectivity index (χ1n) is 6.46. The molecule has 21 heavy (non-hydrogen) atoms. The molecule has 2 aromatic rings. The van der Waals surface area contributed by atoms with E-state index in [0.717, 1.165) is 5.56 Å². The Bertz CT molecular complexity index is 586. The molecule has 0 saturated carbocycles. The lowest BCUT2D eigenvalue weighted by Gasteiger charge is -2.25. The second-order valence-corrected chi connectivity index (χ2v) is 5.22. The monoisotopic (exact) mass is 308 g/mol. The Hall–Kier alpha value is -1.99. The summed E-state index contributed by atoms with van der Waals surface area (Å²) in [6.07, 6.45) is 1.40. The van der Waals surface area contributed by atoms with Crippen molar-refractivity contribution in [2.75, 3.05) is 20.6 Å². The molecule has 0 aliphatic carbocycles. The third-order valence-electron chi connectivity index (χ3n) is 3.08. The molecule has 1 aromatic heterocycles. The van der Waals surface area contributed by atoms with Crippen molar-refractivity contribution in [1.82, 2.24) is 30.4 Å². The van der Waals surface area contributed by atoms with E-state index < -0.39 is 0 Å². The van der Waals surface area contributed by atoms with Gasteiger partial charge in [0.1, 0.15) is 12.9 Å². The lowest BCUT2D eigenvalue weighted by atomic mass is 10.1. The van der Waals surface area contributed by atoms with E-state index in [1.807, 2.05) is 43.3 Å². The number of hydrogen-bond acceptors (Lipinski definition) is 5. The Morgan fingerprint density at radius 2 is 2.19 bits per heavy atom. The average Bonchev–Trinajstić information content (AvgIpc) is 2.93. The molecule has 1 amide bonds. The Kier molecular flexibility index (Phi) is 5.24. The van der Waals surface area contributed by atoms with Crippen molar-refractivity contribution in [3.05, 3.63) is 41.2 Å². The Balaban J connectivity index is 1.98. The van der Waals surface area contributed by atoms with E-state index in [2.05, 4.69) is 20.8 Å². The molecule has 0 aliphatic rings. The first kappa shape index (κ1) is 15.4. The Morgan fingerprint density at radius 1 is 1.43 bits per heavy atom. The summed E-state index contributed by atoms with van der Waals surface area (Å²) in [5.41, 5.74) is 0.979. The number of benzene rings is 1. The molecule has 0 spiro atoms. The fourth-order valence-electron chi connectivity index (χ4n) is 1.98. The van der Waals surface area contributed by atoms with E-state index in [1.165, 1.54) is 11.0 Å². The van der Waals surface area contributed by atoms with Crippen LogP contribution in [-0.2, 0) is 11.3 Å². The molecule has 1 N–H and O–H groups in total. The van der Waals surface area contributed by atoms with Crippen LogP contribution in [0, 0.1) is 0 Å². The summed E-state index contributed by atoms with van der Waals surface area (Å²) in [6, 6.07) is 7.61. The van der Waals surface area contributed by atoms with E-state index >= 15 is 0 Å². The SMILES string of the molecule is CN(C)[C@@H](CNC(=O)Cn1cnnn1)c1ccccc1Cl. The van der Waals surface area contributed by atoms with Crippen LogP contribution in [0.1, 0.15) is 11.6 Å². The van der Waals surface area contributed by atoms with E-state index in [9.17, 15) is 4.79 Å². The molecular weight excluding hydrogens is 292 g/mol. The molecule has 0 bridgehead atoms. The molecule has 0 unspecified atom stereocenters. The van der Waals surface area contributed by atoms with Gasteiger partial charge in [0.05, 0.1) is 6.04 Å². The normalized spacial score (nSPS) is 12.4. The summed E-state index contributed by atoms with van der Waals surface area (Å²) in [7, 11) is 3.89. The van der Waals surface area contributed by atoms with Gasteiger partial charge in [-0.2, -0.15) is 0 Å². The standard InChI is InChI=1S/C13H17ClN6O/c1-19(2)12(10-5-3-4-6-11(10)14)7-15-13(21)8-20-9-16-17-18-20/h3-6,9,12H,7-8H2,1-2H3,(H,15,21)/t12-/m0/s1. The Morgan fingerprint density at radius 3 is 2.81 bits per heavy atom. The summed E-state index contributed by atoms with van der Waals surface area (Å²) in [5.74, 6) is -0.152. The molecule has 0 radical (unpaired) electrons. The third-order valence-corrected chi connectivity index (χ3v) is 3.42. The number of halogens is 1. The van der Waals surface area contributed by atoms with Crippen LogP contribution in [0.2, 0.25) is 5.02 Å². The number of nitrogens with one attached hydrogen (secondary N) is 1. The van der Waals surface area contributed by atoms with Crippen LogP contribution >= 0.6 is 11.6 Å². The van der Waals surface area contributed by atoms with Crippen LogP contribution in [0.15, 0.2) is 30.6 Å². The molecule has 8 heteroatoms. The van der Waals surface area contributed by atoms with Crippen LogP contribution in [0.3, 0.4) is 0 Å². The van der Waals surface area contributed by atoms with Gasteiger partial charge in [0, 0.05) is 11.6 Å². The van der Waals surface area contributed by atoms with Crippen LogP contribution < -0.4 is 5.32 Å². The third kappa shape index (κ3) is 4.24. The maximum absolute atomic E-state index is 11.9. The number of aromatic nitrogens is 4.